The lowest BCUT2D eigenvalue weighted by Crippen LogP contribution is -2.23. The van der Waals surface area contributed by atoms with Crippen LogP contribution in [0.3, 0.4) is 0 Å². The molecule has 1 fully saturated rings. The molecule has 0 spiro atoms. The SMILES string of the molecule is CCOC(=O)[C@@]1(C#N)[C@@H](c2cc(C(F)(F)F)cc(C(F)(F)F)c2)C1(C)C. The molecule has 1 aromatic carbocycles. The first-order valence-corrected chi connectivity index (χ1v) is 7.61. The first kappa shape index (κ1) is 20.1. The molecule has 0 N–H and O–H groups in total. The van der Waals surface area contributed by atoms with Crippen molar-refractivity contribution >= 4 is 5.97 Å². The van der Waals surface area contributed by atoms with E-state index in [2.05, 4.69) is 0 Å². The highest BCUT2D eigenvalue weighted by atomic mass is 19.4. The fourth-order valence-electron chi connectivity index (χ4n) is 3.46. The highest BCUT2D eigenvalue weighted by molar-refractivity contribution is 5.88. The maximum absolute atomic E-state index is 13.0. The Morgan fingerprint density at radius 2 is 1.58 bits per heavy atom. The summed E-state index contributed by atoms with van der Waals surface area (Å²) in [6.45, 7) is 4.29. The van der Waals surface area contributed by atoms with Crippen LogP contribution in [0.2, 0.25) is 0 Å². The van der Waals surface area contributed by atoms with Gasteiger partial charge in [0.25, 0.3) is 0 Å². The fourth-order valence-corrected chi connectivity index (χ4v) is 3.46. The average molecular weight is 379 g/mol. The zero-order valence-corrected chi connectivity index (χ0v) is 14.0. The summed E-state index contributed by atoms with van der Waals surface area (Å²) in [4.78, 5) is 12.2. The highest BCUT2D eigenvalue weighted by Crippen LogP contribution is 2.74. The van der Waals surface area contributed by atoms with Gasteiger partial charge in [-0.2, -0.15) is 31.6 Å². The molecule has 2 atom stereocenters. The van der Waals surface area contributed by atoms with Crippen molar-refractivity contribution in [2.75, 3.05) is 6.61 Å². The largest absolute Gasteiger partial charge is 0.465 e. The first-order valence-electron chi connectivity index (χ1n) is 7.61. The van der Waals surface area contributed by atoms with Crippen LogP contribution in [0.4, 0.5) is 26.3 Å². The van der Waals surface area contributed by atoms with Crippen LogP contribution in [0.5, 0.6) is 0 Å². The summed E-state index contributed by atoms with van der Waals surface area (Å²) in [6.07, 6.45) is -10.0. The van der Waals surface area contributed by atoms with E-state index in [-0.39, 0.29) is 18.2 Å². The van der Waals surface area contributed by atoms with Crippen molar-refractivity contribution in [3.63, 3.8) is 0 Å². The van der Waals surface area contributed by atoms with E-state index in [1.165, 1.54) is 20.8 Å². The molecule has 1 saturated carbocycles. The fraction of sp³-hybridized carbons (Fsp3) is 0.529. The second-order valence-corrected chi connectivity index (χ2v) is 6.63. The Morgan fingerprint density at radius 3 is 1.92 bits per heavy atom. The minimum absolute atomic E-state index is 0.0112. The number of alkyl halides is 6. The van der Waals surface area contributed by atoms with Crippen LogP contribution in [0, 0.1) is 22.2 Å². The average Bonchev–Trinajstić information content (AvgIpc) is 3.02. The minimum atomic E-state index is -5.01. The molecular formula is C17H15F6NO2. The van der Waals surface area contributed by atoms with Crippen LogP contribution in [-0.4, -0.2) is 12.6 Å². The molecular weight excluding hydrogens is 364 g/mol. The third-order valence-electron chi connectivity index (χ3n) is 4.80. The van der Waals surface area contributed by atoms with Gasteiger partial charge in [-0.1, -0.05) is 13.8 Å². The number of carbonyl (C=O) groups is 1. The van der Waals surface area contributed by atoms with Gasteiger partial charge < -0.3 is 4.74 Å². The number of carbonyl (C=O) groups excluding carboxylic acids is 1. The van der Waals surface area contributed by atoms with Crippen molar-refractivity contribution in [2.24, 2.45) is 10.8 Å². The van der Waals surface area contributed by atoms with E-state index < -0.39 is 46.2 Å². The predicted molar refractivity (Wildman–Crippen MR) is 77.6 cm³/mol. The second-order valence-electron chi connectivity index (χ2n) is 6.63. The van der Waals surface area contributed by atoms with Gasteiger partial charge in [0.2, 0.25) is 0 Å². The smallest absolute Gasteiger partial charge is 0.416 e. The lowest BCUT2D eigenvalue weighted by atomic mass is 9.96. The van der Waals surface area contributed by atoms with Crippen LogP contribution in [0.15, 0.2) is 18.2 Å². The van der Waals surface area contributed by atoms with E-state index >= 15 is 0 Å². The summed E-state index contributed by atoms with van der Waals surface area (Å²) >= 11 is 0. The standard InChI is InChI=1S/C17H15F6NO2/c1-4-26-13(25)15(8-24)12(14(15,2)3)9-5-10(16(18,19)20)7-11(6-9)17(21,22)23/h5-7,12H,4H2,1-3H3/t12-,15+/m0/s1. The molecule has 0 heterocycles. The Labute approximate surface area is 145 Å². The van der Waals surface area contributed by atoms with E-state index in [1.54, 1.807) is 6.07 Å². The van der Waals surface area contributed by atoms with Crippen LogP contribution >= 0.6 is 0 Å². The van der Waals surface area contributed by atoms with Gasteiger partial charge >= 0.3 is 18.3 Å². The summed E-state index contributed by atoms with van der Waals surface area (Å²) in [7, 11) is 0. The molecule has 0 aliphatic heterocycles. The Hall–Kier alpha value is -2.24. The van der Waals surface area contributed by atoms with Gasteiger partial charge in [-0.3, -0.25) is 4.79 Å². The number of esters is 1. The number of nitrogens with zero attached hydrogens (tertiary/aromatic N) is 1. The number of halogens is 6. The molecule has 0 amide bonds. The topological polar surface area (TPSA) is 50.1 Å². The molecule has 1 aromatic rings. The quantitative estimate of drug-likeness (QED) is 0.553. The number of hydrogen-bond donors (Lipinski definition) is 0. The van der Waals surface area contributed by atoms with Crippen LogP contribution in [-0.2, 0) is 21.9 Å². The second kappa shape index (κ2) is 5.89. The summed E-state index contributed by atoms with van der Waals surface area (Å²) in [5, 5.41) is 9.48. The van der Waals surface area contributed by atoms with E-state index in [0.717, 1.165) is 0 Å². The number of nitriles is 1. The summed E-state index contributed by atoms with van der Waals surface area (Å²) < 4.78 is 83.1. The highest BCUT2D eigenvalue weighted by Gasteiger charge is 2.78. The third kappa shape index (κ3) is 2.91. The zero-order chi connectivity index (χ0) is 20.1. The predicted octanol–water partition coefficient (Wildman–Crippen LogP) is 4.92. The van der Waals surface area contributed by atoms with E-state index in [9.17, 15) is 36.4 Å². The molecule has 9 heteroatoms. The van der Waals surface area contributed by atoms with Crippen molar-refractivity contribution in [3.8, 4) is 6.07 Å². The summed E-state index contributed by atoms with van der Waals surface area (Å²) in [6, 6.07) is 2.88. The lowest BCUT2D eigenvalue weighted by Gasteiger charge is -2.15. The minimum Gasteiger partial charge on any atom is -0.465 e. The molecule has 1 aliphatic carbocycles. The normalized spacial score (nSPS) is 24.7. The Balaban J connectivity index is 2.65. The molecule has 0 aromatic heterocycles. The number of ether oxygens (including phenoxy) is 1. The Morgan fingerprint density at radius 1 is 1.12 bits per heavy atom. The van der Waals surface area contributed by atoms with Gasteiger partial charge in [-0.15, -0.1) is 0 Å². The van der Waals surface area contributed by atoms with Crippen LogP contribution < -0.4 is 0 Å². The lowest BCUT2D eigenvalue weighted by molar-refractivity contribution is -0.148. The van der Waals surface area contributed by atoms with Crippen molar-refractivity contribution in [2.45, 2.75) is 39.0 Å². The van der Waals surface area contributed by atoms with Crippen molar-refractivity contribution in [1.82, 2.24) is 0 Å². The van der Waals surface area contributed by atoms with Gasteiger partial charge in [0, 0.05) is 11.3 Å². The van der Waals surface area contributed by atoms with Crippen LogP contribution in [0.1, 0.15) is 43.4 Å². The molecule has 26 heavy (non-hydrogen) atoms. The van der Waals surface area contributed by atoms with E-state index in [4.69, 9.17) is 4.74 Å². The van der Waals surface area contributed by atoms with Crippen molar-refractivity contribution in [1.29, 1.82) is 5.26 Å². The van der Waals surface area contributed by atoms with Gasteiger partial charge in [0.05, 0.1) is 23.8 Å². The molecule has 2 rings (SSSR count). The maximum atomic E-state index is 13.0. The van der Waals surface area contributed by atoms with Crippen molar-refractivity contribution in [3.05, 3.63) is 34.9 Å². The summed E-state index contributed by atoms with van der Waals surface area (Å²) in [5.74, 6) is -2.11. The molecule has 1 aliphatic rings. The van der Waals surface area contributed by atoms with Gasteiger partial charge in [-0.25, -0.2) is 0 Å². The number of rotatable bonds is 3. The van der Waals surface area contributed by atoms with Gasteiger partial charge in [0.1, 0.15) is 0 Å². The molecule has 0 saturated heterocycles. The number of benzene rings is 1. The summed E-state index contributed by atoms with van der Waals surface area (Å²) in [5.41, 5.74) is -6.36. The Bertz CT molecular complexity index is 743. The van der Waals surface area contributed by atoms with Gasteiger partial charge in [0.15, 0.2) is 5.41 Å². The van der Waals surface area contributed by atoms with E-state index in [0.29, 0.717) is 12.1 Å². The third-order valence-corrected chi connectivity index (χ3v) is 4.80. The molecule has 142 valence electrons. The maximum Gasteiger partial charge on any atom is 0.416 e. The molecule has 0 unspecified atom stereocenters. The Kier molecular flexibility index (Phi) is 4.55. The molecule has 0 radical (unpaired) electrons. The first-order chi connectivity index (χ1) is 11.7. The van der Waals surface area contributed by atoms with Gasteiger partial charge in [-0.05, 0) is 30.7 Å². The van der Waals surface area contributed by atoms with Crippen LogP contribution in [0.25, 0.3) is 0 Å². The van der Waals surface area contributed by atoms with E-state index in [1.807, 2.05) is 0 Å². The molecule has 3 nitrogen and oxygen atoms in total. The van der Waals surface area contributed by atoms with Crippen molar-refractivity contribution < 1.29 is 35.9 Å². The zero-order valence-electron chi connectivity index (χ0n) is 14.0. The number of hydrogen-bond acceptors (Lipinski definition) is 3. The monoisotopic (exact) mass is 379 g/mol. The molecule has 0 bridgehead atoms.